The van der Waals surface area contributed by atoms with E-state index in [1.54, 1.807) is 19.2 Å². The molecule has 0 unspecified atom stereocenters. The Bertz CT molecular complexity index is 795. The van der Waals surface area contributed by atoms with Gasteiger partial charge in [-0.1, -0.05) is 12.1 Å². The highest BCUT2D eigenvalue weighted by molar-refractivity contribution is 5.79. The maximum atomic E-state index is 13.8. The highest BCUT2D eigenvalue weighted by Crippen LogP contribution is 2.29. The zero-order valence-corrected chi connectivity index (χ0v) is 15.2. The number of aliphatic imine (C=N–C) groups is 1. The molecule has 0 aliphatic carbocycles. The van der Waals surface area contributed by atoms with Crippen LogP contribution in [0.5, 0.6) is 5.75 Å². The molecule has 1 aliphatic rings. The van der Waals surface area contributed by atoms with Gasteiger partial charge in [0.25, 0.3) is 0 Å². The van der Waals surface area contributed by atoms with Crippen molar-refractivity contribution < 1.29 is 18.3 Å². The van der Waals surface area contributed by atoms with Crippen LogP contribution in [0.1, 0.15) is 16.7 Å². The van der Waals surface area contributed by atoms with Crippen molar-refractivity contribution in [3.8, 4) is 5.75 Å². The topological polar surface area (TPSA) is 54.9 Å². The van der Waals surface area contributed by atoms with Gasteiger partial charge in [-0.15, -0.1) is 0 Å². The molecule has 0 atom stereocenters. The first-order chi connectivity index (χ1) is 13.2. The van der Waals surface area contributed by atoms with E-state index in [9.17, 15) is 8.78 Å². The Balaban J connectivity index is 1.47. The van der Waals surface area contributed by atoms with E-state index in [0.29, 0.717) is 37.8 Å². The highest BCUT2D eigenvalue weighted by Gasteiger charge is 2.16. The lowest BCUT2D eigenvalue weighted by atomic mass is 10.1. The molecule has 2 aromatic rings. The zero-order valence-electron chi connectivity index (χ0n) is 15.2. The van der Waals surface area contributed by atoms with Crippen molar-refractivity contribution in [1.82, 2.24) is 10.6 Å². The van der Waals surface area contributed by atoms with Crippen LogP contribution in [0.4, 0.5) is 8.78 Å². The van der Waals surface area contributed by atoms with Crippen molar-refractivity contribution in [2.45, 2.75) is 19.4 Å². The second-order valence-corrected chi connectivity index (χ2v) is 6.22. The summed E-state index contributed by atoms with van der Waals surface area (Å²) in [5, 5.41) is 6.42. The summed E-state index contributed by atoms with van der Waals surface area (Å²) < 4.78 is 37.4. The first-order valence-electron chi connectivity index (χ1n) is 8.86. The number of hydrogen-bond donors (Lipinski definition) is 2. The second-order valence-electron chi connectivity index (χ2n) is 6.22. The van der Waals surface area contributed by atoms with E-state index in [0.717, 1.165) is 23.1 Å². The third kappa shape index (κ3) is 5.40. The van der Waals surface area contributed by atoms with Gasteiger partial charge in [0, 0.05) is 25.7 Å². The quantitative estimate of drug-likeness (QED) is 0.602. The fourth-order valence-corrected chi connectivity index (χ4v) is 2.95. The van der Waals surface area contributed by atoms with Crippen LogP contribution in [0.3, 0.4) is 0 Å². The molecule has 27 heavy (non-hydrogen) atoms. The van der Waals surface area contributed by atoms with Crippen LogP contribution in [0.2, 0.25) is 0 Å². The molecular weight excluding hydrogens is 352 g/mol. The first kappa shape index (κ1) is 19.1. The summed E-state index contributed by atoms with van der Waals surface area (Å²) in [5.74, 6) is 0.842. The number of ether oxygens (including phenoxy) is 2. The number of hydrogen-bond acceptors (Lipinski definition) is 3. The molecule has 0 radical (unpaired) electrons. The minimum absolute atomic E-state index is 0.186. The van der Waals surface area contributed by atoms with Crippen LogP contribution < -0.4 is 15.4 Å². The molecule has 0 amide bonds. The Morgan fingerprint density at radius 3 is 2.52 bits per heavy atom. The lowest BCUT2D eigenvalue weighted by Gasteiger charge is -2.21. The fraction of sp³-hybridized carbons (Fsp3) is 0.350. The molecule has 0 spiro atoms. The normalized spacial score (nSPS) is 13.7. The molecule has 5 nitrogen and oxygen atoms in total. The van der Waals surface area contributed by atoms with Crippen LogP contribution in [-0.2, 0) is 24.2 Å². The average Bonchev–Trinajstić information content (AvgIpc) is 2.68. The van der Waals surface area contributed by atoms with Crippen LogP contribution >= 0.6 is 0 Å². The summed E-state index contributed by atoms with van der Waals surface area (Å²) >= 11 is 0. The molecule has 0 fully saturated rings. The summed E-state index contributed by atoms with van der Waals surface area (Å²) in [6.45, 7) is 1.79. The molecule has 0 aromatic heterocycles. The van der Waals surface area contributed by atoms with Gasteiger partial charge in [-0.2, -0.15) is 0 Å². The van der Waals surface area contributed by atoms with Gasteiger partial charge in [-0.3, -0.25) is 4.99 Å². The van der Waals surface area contributed by atoms with Crippen LogP contribution in [0, 0.1) is 11.6 Å². The molecule has 1 aliphatic heterocycles. The van der Waals surface area contributed by atoms with E-state index in [4.69, 9.17) is 9.47 Å². The zero-order chi connectivity index (χ0) is 19.1. The number of fused-ring (bicyclic) bond motifs is 1. The number of nitrogens with zero attached hydrogens (tertiary/aromatic N) is 1. The number of guanidine groups is 1. The predicted molar refractivity (Wildman–Crippen MR) is 99.9 cm³/mol. The van der Waals surface area contributed by atoms with E-state index in [1.807, 2.05) is 0 Å². The van der Waals surface area contributed by atoms with E-state index in [-0.39, 0.29) is 18.4 Å². The highest BCUT2D eigenvalue weighted by atomic mass is 19.1. The fourth-order valence-electron chi connectivity index (χ4n) is 2.95. The number of nitrogens with one attached hydrogen (secondary N) is 2. The average molecular weight is 375 g/mol. The minimum Gasteiger partial charge on any atom is -0.467 e. The Morgan fingerprint density at radius 1 is 1.04 bits per heavy atom. The van der Waals surface area contributed by atoms with Gasteiger partial charge in [0.1, 0.15) is 17.4 Å². The van der Waals surface area contributed by atoms with E-state index < -0.39 is 0 Å². The maximum Gasteiger partial charge on any atom is 0.190 e. The summed E-state index contributed by atoms with van der Waals surface area (Å²) in [4.78, 5) is 4.18. The molecule has 144 valence electrons. The lowest BCUT2D eigenvalue weighted by Crippen LogP contribution is -2.39. The molecule has 1 heterocycles. The molecular formula is C20H23F2N3O2. The summed E-state index contributed by atoms with van der Waals surface area (Å²) in [6.07, 6.45) is 1.35. The molecule has 2 N–H and O–H groups in total. The molecule has 0 bridgehead atoms. The minimum atomic E-state index is -0.292. The number of halogens is 2. The van der Waals surface area contributed by atoms with E-state index in [1.165, 1.54) is 24.3 Å². The van der Waals surface area contributed by atoms with Crippen LogP contribution in [0.15, 0.2) is 41.4 Å². The molecule has 3 rings (SSSR count). The maximum absolute atomic E-state index is 13.8. The second kappa shape index (κ2) is 9.32. The number of rotatable bonds is 6. The largest absolute Gasteiger partial charge is 0.467 e. The SMILES string of the molecule is CN=C(NCCc1ccc(F)cc1)NCCc1cc(F)cc2c1OCOC2. The van der Waals surface area contributed by atoms with Crippen molar-refractivity contribution in [2.75, 3.05) is 26.9 Å². The summed E-state index contributed by atoms with van der Waals surface area (Å²) in [6, 6.07) is 9.39. The predicted octanol–water partition coefficient (Wildman–Crippen LogP) is 2.78. The lowest BCUT2D eigenvalue weighted by molar-refractivity contribution is -0.0172. The molecule has 0 saturated heterocycles. The smallest absolute Gasteiger partial charge is 0.190 e. The monoisotopic (exact) mass is 375 g/mol. The molecule has 0 saturated carbocycles. The van der Waals surface area contributed by atoms with Gasteiger partial charge in [0.05, 0.1) is 6.61 Å². The van der Waals surface area contributed by atoms with E-state index >= 15 is 0 Å². The van der Waals surface area contributed by atoms with Gasteiger partial charge < -0.3 is 20.1 Å². The Labute approximate surface area is 157 Å². The van der Waals surface area contributed by atoms with Crippen molar-refractivity contribution >= 4 is 5.96 Å². The van der Waals surface area contributed by atoms with Gasteiger partial charge in [0.2, 0.25) is 0 Å². The third-order valence-electron chi connectivity index (χ3n) is 4.28. The van der Waals surface area contributed by atoms with Crippen LogP contribution in [0.25, 0.3) is 0 Å². The van der Waals surface area contributed by atoms with Gasteiger partial charge >= 0.3 is 0 Å². The van der Waals surface area contributed by atoms with Gasteiger partial charge in [-0.25, -0.2) is 8.78 Å². The summed E-state index contributed by atoms with van der Waals surface area (Å²) in [5.41, 5.74) is 2.59. The molecule has 2 aromatic carbocycles. The van der Waals surface area contributed by atoms with Crippen molar-refractivity contribution in [2.24, 2.45) is 4.99 Å². The van der Waals surface area contributed by atoms with Crippen LogP contribution in [-0.4, -0.2) is 32.9 Å². The standard InChI is InChI=1S/C20H23F2N3O2/c1-23-20(24-8-6-14-2-4-17(21)5-3-14)25-9-7-15-10-18(22)11-16-12-26-13-27-19(15)16/h2-5,10-11H,6-9,12-13H2,1H3,(H2,23,24,25). The Hall–Kier alpha value is -2.67. The van der Waals surface area contributed by atoms with Crippen molar-refractivity contribution in [1.29, 1.82) is 0 Å². The Morgan fingerprint density at radius 2 is 1.78 bits per heavy atom. The number of benzene rings is 2. The van der Waals surface area contributed by atoms with Crippen molar-refractivity contribution in [3.05, 3.63) is 64.7 Å². The van der Waals surface area contributed by atoms with Gasteiger partial charge in [-0.05, 0) is 48.2 Å². The van der Waals surface area contributed by atoms with Crippen molar-refractivity contribution in [3.63, 3.8) is 0 Å². The van der Waals surface area contributed by atoms with E-state index in [2.05, 4.69) is 15.6 Å². The molecule has 7 heteroatoms. The Kier molecular flexibility index (Phi) is 6.59. The first-order valence-corrected chi connectivity index (χ1v) is 8.86. The third-order valence-corrected chi connectivity index (χ3v) is 4.28. The summed E-state index contributed by atoms with van der Waals surface area (Å²) in [7, 11) is 1.69. The van der Waals surface area contributed by atoms with Gasteiger partial charge in [0.15, 0.2) is 12.8 Å².